The van der Waals surface area contributed by atoms with Crippen molar-refractivity contribution in [3.63, 3.8) is 0 Å². The Morgan fingerprint density at radius 3 is 2.26 bits per heavy atom. The fourth-order valence-corrected chi connectivity index (χ4v) is 3.08. The first-order valence-corrected chi connectivity index (χ1v) is 8.77. The molecule has 6 nitrogen and oxygen atoms in total. The Bertz CT molecular complexity index is 345. The number of nitrogens with zero attached hydrogens (tertiary/aromatic N) is 2. The van der Waals surface area contributed by atoms with E-state index in [1.165, 1.54) is 0 Å². The summed E-state index contributed by atoms with van der Waals surface area (Å²) in [6, 6.07) is 1.09. The highest BCUT2D eigenvalue weighted by Gasteiger charge is 2.32. The van der Waals surface area contributed by atoms with Crippen molar-refractivity contribution in [1.82, 2.24) is 15.5 Å². The van der Waals surface area contributed by atoms with Gasteiger partial charge in [0, 0.05) is 71.9 Å². The van der Waals surface area contributed by atoms with Crippen LogP contribution in [0.15, 0.2) is 4.99 Å². The minimum absolute atomic E-state index is 0.141. The van der Waals surface area contributed by atoms with E-state index in [1.807, 2.05) is 0 Å². The molecule has 0 unspecified atom stereocenters. The van der Waals surface area contributed by atoms with Gasteiger partial charge in [-0.25, -0.2) is 0 Å². The molecule has 136 valence electrons. The maximum Gasteiger partial charge on any atom is 0.191 e. The number of nitrogens with one attached hydrogen (secondary N) is 2. The van der Waals surface area contributed by atoms with Gasteiger partial charge < -0.3 is 20.1 Å². The van der Waals surface area contributed by atoms with Crippen LogP contribution in [0.5, 0.6) is 0 Å². The van der Waals surface area contributed by atoms with Crippen molar-refractivity contribution in [3.8, 4) is 0 Å². The monoisotopic (exact) mass is 328 g/mol. The number of rotatable bonds is 8. The average molecular weight is 329 g/mol. The second kappa shape index (κ2) is 10.1. The standard InChI is InChI=1S/C17H36N4O2/c1-14(2)21(15(3)4)10-9-19-16(18-5)20-13-17(22-6)7-11-23-12-8-17/h14-15H,7-13H2,1-6H3,(H2,18,19,20). The van der Waals surface area contributed by atoms with E-state index in [0.29, 0.717) is 12.1 Å². The first-order chi connectivity index (χ1) is 10.9. The van der Waals surface area contributed by atoms with E-state index in [-0.39, 0.29) is 5.60 Å². The Labute approximate surface area is 142 Å². The minimum atomic E-state index is -0.141. The number of hydrogen-bond donors (Lipinski definition) is 2. The minimum Gasteiger partial charge on any atom is -0.381 e. The average Bonchev–Trinajstić information content (AvgIpc) is 2.54. The van der Waals surface area contributed by atoms with Gasteiger partial charge in [0.1, 0.15) is 0 Å². The van der Waals surface area contributed by atoms with E-state index >= 15 is 0 Å². The molecule has 23 heavy (non-hydrogen) atoms. The third kappa shape index (κ3) is 6.65. The lowest BCUT2D eigenvalue weighted by Crippen LogP contribution is -2.51. The molecule has 0 aromatic carbocycles. The van der Waals surface area contributed by atoms with Crippen molar-refractivity contribution >= 4 is 5.96 Å². The second-order valence-electron chi connectivity index (χ2n) is 6.78. The van der Waals surface area contributed by atoms with E-state index in [9.17, 15) is 0 Å². The van der Waals surface area contributed by atoms with Gasteiger partial charge in [-0.1, -0.05) is 0 Å². The van der Waals surface area contributed by atoms with Gasteiger partial charge in [-0.2, -0.15) is 0 Å². The van der Waals surface area contributed by atoms with Crippen molar-refractivity contribution in [1.29, 1.82) is 0 Å². The molecular formula is C17H36N4O2. The topological polar surface area (TPSA) is 58.1 Å². The number of hydrogen-bond acceptors (Lipinski definition) is 4. The smallest absolute Gasteiger partial charge is 0.191 e. The van der Waals surface area contributed by atoms with Gasteiger partial charge in [-0.05, 0) is 27.7 Å². The van der Waals surface area contributed by atoms with Crippen LogP contribution in [0.2, 0.25) is 0 Å². The number of guanidine groups is 1. The zero-order chi connectivity index (χ0) is 17.3. The van der Waals surface area contributed by atoms with Crippen LogP contribution in [-0.2, 0) is 9.47 Å². The number of methoxy groups -OCH3 is 1. The SMILES string of the molecule is CN=C(NCCN(C(C)C)C(C)C)NCC1(OC)CCOCC1. The molecule has 6 heteroatoms. The molecule has 0 bridgehead atoms. The molecule has 1 aliphatic rings. The molecular weight excluding hydrogens is 292 g/mol. The Morgan fingerprint density at radius 2 is 1.78 bits per heavy atom. The van der Waals surface area contributed by atoms with Gasteiger partial charge in [0.05, 0.1) is 5.60 Å². The third-order valence-electron chi connectivity index (χ3n) is 4.63. The summed E-state index contributed by atoms with van der Waals surface area (Å²) in [5.41, 5.74) is -0.141. The van der Waals surface area contributed by atoms with Crippen molar-refractivity contribution in [3.05, 3.63) is 0 Å². The highest BCUT2D eigenvalue weighted by atomic mass is 16.5. The largest absolute Gasteiger partial charge is 0.381 e. The van der Waals surface area contributed by atoms with Crippen LogP contribution in [0.3, 0.4) is 0 Å². The molecule has 1 rings (SSSR count). The molecule has 0 aromatic heterocycles. The van der Waals surface area contributed by atoms with Gasteiger partial charge in [-0.15, -0.1) is 0 Å². The lowest BCUT2D eigenvalue weighted by Gasteiger charge is -2.36. The maximum absolute atomic E-state index is 5.75. The summed E-state index contributed by atoms with van der Waals surface area (Å²) in [4.78, 5) is 6.78. The van der Waals surface area contributed by atoms with Gasteiger partial charge in [0.25, 0.3) is 0 Å². The van der Waals surface area contributed by atoms with Crippen LogP contribution in [-0.4, -0.2) is 75.5 Å². The summed E-state index contributed by atoms with van der Waals surface area (Å²) in [7, 11) is 3.59. The lowest BCUT2D eigenvalue weighted by molar-refractivity contribution is -0.0855. The summed E-state index contributed by atoms with van der Waals surface area (Å²) in [5.74, 6) is 0.834. The van der Waals surface area contributed by atoms with Crippen molar-refractivity contribution < 1.29 is 9.47 Å². The van der Waals surface area contributed by atoms with Crippen LogP contribution in [0.4, 0.5) is 0 Å². The van der Waals surface area contributed by atoms with Gasteiger partial charge >= 0.3 is 0 Å². The number of aliphatic imine (C=N–C) groups is 1. The Hall–Kier alpha value is -0.850. The molecule has 1 heterocycles. The second-order valence-corrected chi connectivity index (χ2v) is 6.78. The van der Waals surface area contributed by atoms with Crippen LogP contribution < -0.4 is 10.6 Å². The van der Waals surface area contributed by atoms with E-state index < -0.39 is 0 Å². The quantitative estimate of drug-likeness (QED) is 0.522. The lowest BCUT2D eigenvalue weighted by atomic mass is 9.94. The van der Waals surface area contributed by atoms with Crippen molar-refractivity contribution in [2.75, 3.05) is 47.0 Å². The molecule has 1 aliphatic heterocycles. The molecule has 0 radical (unpaired) electrons. The van der Waals surface area contributed by atoms with Crippen LogP contribution in [0.1, 0.15) is 40.5 Å². The summed E-state index contributed by atoms with van der Waals surface area (Å²) in [6.07, 6.45) is 1.84. The Kier molecular flexibility index (Phi) is 8.87. The summed E-state index contributed by atoms with van der Waals surface area (Å²) < 4.78 is 11.2. The molecule has 0 aromatic rings. The predicted molar refractivity (Wildman–Crippen MR) is 96.1 cm³/mol. The summed E-state index contributed by atoms with van der Waals surface area (Å²) in [5, 5.41) is 6.80. The molecule has 0 atom stereocenters. The van der Waals surface area contributed by atoms with Crippen LogP contribution >= 0.6 is 0 Å². The highest BCUT2D eigenvalue weighted by Crippen LogP contribution is 2.23. The molecule has 0 aliphatic carbocycles. The zero-order valence-electron chi connectivity index (χ0n) is 15.8. The summed E-state index contributed by atoms with van der Waals surface area (Å²) in [6.45, 7) is 13.1. The highest BCUT2D eigenvalue weighted by molar-refractivity contribution is 5.79. The van der Waals surface area contributed by atoms with Gasteiger partial charge in [0.15, 0.2) is 5.96 Å². The molecule has 0 saturated carbocycles. The first-order valence-electron chi connectivity index (χ1n) is 8.77. The third-order valence-corrected chi connectivity index (χ3v) is 4.63. The predicted octanol–water partition coefficient (Wildman–Crippen LogP) is 1.47. The van der Waals surface area contributed by atoms with E-state index in [1.54, 1.807) is 14.2 Å². The maximum atomic E-state index is 5.75. The van der Waals surface area contributed by atoms with E-state index in [4.69, 9.17) is 9.47 Å². The van der Waals surface area contributed by atoms with Crippen molar-refractivity contribution in [2.24, 2.45) is 4.99 Å². The zero-order valence-corrected chi connectivity index (χ0v) is 15.8. The Morgan fingerprint density at radius 1 is 1.17 bits per heavy atom. The Balaban J connectivity index is 2.39. The van der Waals surface area contributed by atoms with E-state index in [2.05, 4.69) is 48.2 Å². The van der Waals surface area contributed by atoms with Crippen LogP contribution in [0.25, 0.3) is 0 Å². The molecule has 0 spiro atoms. The number of ether oxygens (including phenoxy) is 2. The molecule has 1 saturated heterocycles. The van der Waals surface area contributed by atoms with Crippen molar-refractivity contribution in [2.45, 2.75) is 58.2 Å². The summed E-state index contributed by atoms with van der Waals surface area (Å²) >= 11 is 0. The van der Waals surface area contributed by atoms with Crippen LogP contribution in [0, 0.1) is 0 Å². The first kappa shape index (κ1) is 20.2. The van der Waals surface area contributed by atoms with Gasteiger partial charge in [0.2, 0.25) is 0 Å². The fraction of sp³-hybridized carbons (Fsp3) is 0.941. The molecule has 0 amide bonds. The van der Waals surface area contributed by atoms with Gasteiger partial charge in [-0.3, -0.25) is 9.89 Å². The fourth-order valence-electron chi connectivity index (χ4n) is 3.08. The normalized spacial score (nSPS) is 18.7. The molecule has 1 fully saturated rings. The molecule has 2 N–H and O–H groups in total. The van der Waals surface area contributed by atoms with E-state index in [0.717, 1.165) is 51.6 Å².